The number of hydrogen-bond acceptors (Lipinski definition) is 3. The largest absolute Gasteiger partial charge is 0.383 e. The van der Waals surface area contributed by atoms with Crippen LogP contribution >= 0.6 is 0 Å². The van der Waals surface area contributed by atoms with E-state index >= 15 is 0 Å². The minimum absolute atomic E-state index is 0.693. The SMILES string of the molecule is COCCN(CCN)C(C)C1CC1. The van der Waals surface area contributed by atoms with E-state index in [2.05, 4.69) is 11.8 Å². The number of nitrogens with zero attached hydrogens (tertiary/aromatic N) is 1. The first kappa shape index (κ1) is 11.0. The molecular formula is C10H22N2O. The topological polar surface area (TPSA) is 38.5 Å². The molecule has 0 aliphatic heterocycles. The predicted molar refractivity (Wildman–Crippen MR) is 54.7 cm³/mol. The van der Waals surface area contributed by atoms with Crippen molar-refractivity contribution < 1.29 is 4.74 Å². The molecule has 0 radical (unpaired) electrons. The van der Waals surface area contributed by atoms with Gasteiger partial charge in [-0.05, 0) is 25.7 Å². The van der Waals surface area contributed by atoms with E-state index in [-0.39, 0.29) is 0 Å². The van der Waals surface area contributed by atoms with Gasteiger partial charge in [0.05, 0.1) is 6.61 Å². The Morgan fingerprint density at radius 1 is 1.46 bits per heavy atom. The molecule has 2 N–H and O–H groups in total. The molecular weight excluding hydrogens is 164 g/mol. The van der Waals surface area contributed by atoms with E-state index in [9.17, 15) is 0 Å². The molecule has 1 unspecified atom stereocenters. The highest BCUT2D eigenvalue weighted by molar-refractivity contribution is 4.85. The Labute approximate surface area is 81.2 Å². The van der Waals surface area contributed by atoms with Crippen LogP contribution < -0.4 is 5.73 Å². The molecule has 1 aliphatic carbocycles. The number of ether oxygens (including phenoxy) is 1. The van der Waals surface area contributed by atoms with Crippen molar-refractivity contribution in [3.05, 3.63) is 0 Å². The van der Waals surface area contributed by atoms with E-state index in [4.69, 9.17) is 10.5 Å². The third-order valence-electron chi connectivity index (χ3n) is 2.88. The zero-order valence-electron chi connectivity index (χ0n) is 8.83. The maximum Gasteiger partial charge on any atom is 0.0589 e. The first-order valence-electron chi connectivity index (χ1n) is 5.22. The molecule has 3 nitrogen and oxygen atoms in total. The fraction of sp³-hybridized carbons (Fsp3) is 1.00. The van der Waals surface area contributed by atoms with Gasteiger partial charge < -0.3 is 10.5 Å². The highest BCUT2D eigenvalue weighted by Gasteiger charge is 2.31. The Bertz CT molecular complexity index is 137. The summed E-state index contributed by atoms with van der Waals surface area (Å²) in [5.41, 5.74) is 5.58. The normalized spacial score (nSPS) is 19.4. The van der Waals surface area contributed by atoms with Crippen LogP contribution in [0.3, 0.4) is 0 Å². The van der Waals surface area contributed by atoms with Gasteiger partial charge in [0.15, 0.2) is 0 Å². The van der Waals surface area contributed by atoms with Crippen LogP contribution in [0.4, 0.5) is 0 Å². The van der Waals surface area contributed by atoms with Gasteiger partial charge in [-0.3, -0.25) is 4.90 Å². The standard InChI is InChI=1S/C10H22N2O/c1-9(10-3-4-10)12(6-5-11)7-8-13-2/h9-10H,3-8,11H2,1-2H3. The summed E-state index contributed by atoms with van der Waals surface area (Å²) in [5.74, 6) is 0.920. The van der Waals surface area contributed by atoms with Crippen molar-refractivity contribution in [3.8, 4) is 0 Å². The maximum absolute atomic E-state index is 5.58. The summed E-state index contributed by atoms with van der Waals surface area (Å²) in [6.45, 7) is 5.90. The molecule has 0 amide bonds. The van der Waals surface area contributed by atoms with Gasteiger partial charge in [0.25, 0.3) is 0 Å². The van der Waals surface area contributed by atoms with Gasteiger partial charge in [-0.1, -0.05) is 0 Å². The fourth-order valence-corrected chi connectivity index (χ4v) is 1.77. The maximum atomic E-state index is 5.58. The van der Waals surface area contributed by atoms with Crippen LogP contribution in [0.2, 0.25) is 0 Å². The zero-order valence-corrected chi connectivity index (χ0v) is 8.83. The van der Waals surface area contributed by atoms with Gasteiger partial charge in [-0.15, -0.1) is 0 Å². The van der Waals surface area contributed by atoms with Crippen LogP contribution in [0.1, 0.15) is 19.8 Å². The third-order valence-corrected chi connectivity index (χ3v) is 2.88. The quantitative estimate of drug-likeness (QED) is 0.636. The lowest BCUT2D eigenvalue weighted by molar-refractivity contribution is 0.119. The van der Waals surface area contributed by atoms with Gasteiger partial charge in [0, 0.05) is 32.8 Å². The van der Waals surface area contributed by atoms with Crippen molar-refractivity contribution >= 4 is 0 Å². The molecule has 0 aromatic heterocycles. The molecule has 1 aliphatic rings. The summed E-state index contributed by atoms with van der Waals surface area (Å²) in [6, 6.07) is 0.693. The number of nitrogens with two attached hydrogens (primary N) is 1. The van der Waals surface area contributed by atoms with Crippen LogP contribution in [0.15, 0.2) is 0 Å². The summed E-state index contributed by atoms with van der Waals surface area (Å²) in [6.07, 6.45) is 2.80. The van der Waals surface area contributed by atoms with Crippen LogP contribution in [-0.2, 0) is 4.74 Å². The molecule has 13 heavy (non-hydrogen) atoms. The Morgan fingerprint density at radius 2 is 2.15 bits per heavy atom. The first-order valence-corrected chi connectivity index (χ1v) is 5.22. The molecule has 0 aromatic carbocycles. The molecule has 0 bridgehead atoms. The molecule has 1 atom stereocenters. The van der Waals surface area contributed by atoms with Crippen LogP contribution in [0.5, 0.6) is 0 Å². The Balaban J connectivity index is 2.26. The van der Waals surface area contributed by atoms with Gasteiger partial charge >= 0.3 is 0 Å². The Morgan fingerprint density at radius 3 is 2.62 bits per heavy atom. The highest BCUT2D eigenvalue weighted by Crippen LogP contribution is 2.34. The van der Waals surface area contributed by atoms with E-state index in [1.165, 1.54) is 12.8 Å². The number of hydrogen-bond donors (Lipinski definition) is 1. The van der Waals surface area contributed by atoms with E-state index < -0.39 is 0 Å². The molecule has 0 saturated heterocycles. The van der Waals surface area contributed by atoms with Crippen molar-refractivity contribution in [3.63, 3.8) is 0 Å². The van der Waals surface area contributed by atoms with E-state index in [0.717, 1.165) is 32.2 Å². The van der Waals surface area contributed by atoms with Crippen LogP contribution in [-0.4, -0.2) is 44.3 Å². The summed E-state index contributed by atoms with van der Waals surface area (Å²) < 4.78 is 5.09. The van der Waals surface area contributed by atoms with Crippen molar-refractivity contribution in [2.24, 2.45) is 11.7 Å². The molecule has 0 heterocycles. The van der Waals surface area contributed by atoms with Crippen LogP contribution in [0, 0.1) is 5.92 Å². The second-order valence-electron chi connectivity index (χ2n) is 3.90. The average Bonchev–Trinajstić information content (AvgIpc) is 2.94. The molecule has 78 valence electrons. The van der Waals surface area contributed by atoms with E-state index in [0.29, 0.717) is 6.04 Å². The van der Waals surface area contributed by atoms with Gasteiger partial charge in [-0.2, -0.15) is 0 Å². The first-order chi connectivity index (χ1) is 6.29. The fourth-order valence-electron chi connectivity index (χ4n) is 1.77. The Kier molecular flexibility index (Phi) is 4.70. The minimum Gasteiger partial charge on any atom is -0.383 e. The summed E-state index contributed by atoms with van der Waals surface area (Å²) in [5, 5.41) is 0. The van der Waals surface area contributed by atoms with E-state index in [1.54, 1.807) is 7.11 Å². The lowest BCUT2D eigenvalue weighted by atomic mass is 10.2. The summed E-state index contributed by atoms with van der Waals surface area (Å²) in [4.78, 5) is 2.45. The second-order valence-corrected chi connectivity index (χ2v) is 3.90. The average molecular weight is 186 g/mol. The van der Waals surface area contributed by atoms with Crippen molar-refractivity contribution in [1.82, 2.24) is 4.90 Å². The highest BCUT2D eigenvalue weighted by atomic mass is 16.5. The minimum atomic E-state index is 0.693. The summed E-state index contributed by atoms with van der Waals surface area (Å²) in [7, 11) is 1.75. The molecule has 1 saturated carbocycles. The zero-order chi connectivity index (χ0) is 9.68. The predicted octanol–water partition coefficient (Wildman–Crippen LogP) is 0.692. The van der Waals surface area contributed by atoms with Gasteiger partial charge in [0.2, 0.25) is 0 Å². The van der Waals surface area contributed by atoms with Gasteiger partial charge in [0.1, 0.15) is 0 Å². The molecule has 0 aromatic rings. The number of rotatable bonds is 7. The Hall–Kier alpha value is -0.120. The lowest BCUT2D eigenvalue weighted by Crippen LogP contribution is -2.40. The molecule has 0 spiro atoms. The lowest BCUT2D eigenvalue weighted by Gasteiger charge is -2.28. The summed E-state index contributed by atoms with van der Waals surface area (Å²) >= 11 is 0. The molecule has 3 heteroatoms. The van der Waals surface area contributed by atoms with Crippen molar-refractivity contribution in [2.75, 3.05) is 33.4 Å². The third kappa shape index (κ3) is 3.63. The molecule has 1 fully saturated rings. The smallest absolute Gasteiger partial charge is 0.0589 e. The van der Waals surface area contributed by atoms with Gasteiger partial charge in [-0.25, -0.2) is 0 Å². The monoisotopic (exact) mass is 186 g/mol. The van der Waals surface area contributed by atoms with Crippen molar-refractivity contribution in [2.45, 2.75) is 25.8 Å². The van der Waals surface area contributed by atoms with Crippen LogP contribution in [0.25, 0.3) is 0 Å². The number of methoxy groups -OCH3 is 1. The molecule has 1 rings (SSSR count). The second kappa shape index (κ2) is 5.58. The van der Waals surface area contributed by atoms with Crippen molar-refractivity contribution in [1.29, 1.82) is 0 Å². The van der Waals surface area contributed by atoms with E-state index in [1.807, 2.05) is 0 Å².